The summed E-state index contributed by atoms with van der Waals surface area (Å²) >= 11 is 1.56. The van der Waals surface area contributed by atoms with Gasteiger partial charge in [0.2, 0.25) is 5.91 Å². The zero-order valence-corrected chi connectivity index (χ0v) is 13.4. The number of amides is 1. The Kier molecular flexibility index (Phi) is 3.91. The van der Waals surface area contributed by atoms with Crippen LogP contribution in [0.2, 0.25) is 0 Å². The van der Waals surface area contributed by atoms with E-state index in [0.29, 0.717) is 0 Å². The molecule has 1 unspecified atom stereocenters. The predicted molar refractivity (Wildman–Crippen MR) is 82.9 cm³/mol. The Labute approximate surface area is 133 Å². The molecule has 118 valence electrons. The second kappa shape index (κ2) is 5.59. The van der Waals surface area contributed by atoms with Gasteiger partial charge < -0.3 is 14.7 Å². The number of hydrogen-bond acceptors (Lipinski definition) is 5. The van der Waals surface area contributed by atoms with E-state index in [-0.39, 0.29) is 30.5 Å². The number of fused-ring (bicyclic) bond motifs is 1. The Hall–Kier alpha value is -1.53. The van der Waals surface area contributed by atoms with Crippen molar-refractivity contribution in [3.8, 4) is 0 Å². The smallest absolute Gasteiger partial charge is 0.330 e. The number of ether oxygens (including phenoxy) is 1. The highest BCUT2D eigenvalue weighted by Gasteiger charge is 2.63. The SMILES string of the molecule is CC1(C)S[C@@H]2C(CO)C(=O)N2[C@H]1C(=O)OCc1ccccc1. The summed E-state index contributed by atoms with van der Waals surface area (Å²) in [7, 11) is 0. The van der Waals surface area contributed by atoms with Gasteiger partial charge in [-0.1, -0.05) is 30.3 Å². The van der Waals surface area contributed by atoms with E-state index in [9.17, 15) is 14.7 Å². The molecule has 3 atom stereocenters. The molecule has 0 aromatic heterocycles. The van der Waals surface area contributed by atoms with E-state index in [2.05, 4.69) is 0 Å². The molecule has 6 heteroatoms. The molecule has 2 saturated heterocycles. The maximum Gasteiger partial charge on any atom is 0.330 e. The van der Waals surface area contributed by atoms with Gasteiger partial charge in [-0.05, 0) is 19.4 Å². The third-order valence-corrected chi connectivity index (χ3v) is 5.82. The minimum absolute atomic E-state index is 0.123. The number of aliphatic hydroxyl groups is 1. The normalized spacial score (nSPS) is 29.0. The number of benzene rings is 1. The predicted octanol–water partition coefficient (Wildman–Crippen LogP) is 1.40. The zero-order valence-electron chi connectivity index (χ0n) is 12.6. The summed E-state index contributed by atoms with van der Waals surface area (Å²) in [5.74, 6) is -0.933. The average Bonchev–Trinajstić information content (AvgIpc) is 2.74. The van der Waals surface area contributed by atoms with Gasteiger partial charge in [-0.3, -0.25) is 4.79 Å². The molecule has 0 radical (unpaired) electrons. The molecule has 2 aliphatic heterocycles. The van der Waals surface area contributed by atoms with Gasteiger partial charge in [0.15, 0.2) is 0 Å². The summed E-state index contributed by atoms with van der Waals surface area (Å²) in [4.78, 5) is 26.1. The molecule has 5 nitrogen and oxygen atoms in total. The summed E-state index contributed by atoms with van der Waals surface area (Å²) in [5, 5.41) is 9.15. The first-order chi connectivity index (χ1) is 10.5. The van der Waals surface area contributed by atoms with Crippen LogP contribution in [0.5, 0.6) is 0 Å². The van der Waals surface area contributed by atoms with Crippen molar-refractivity contribution in [1.29, 1.82) is 0 Å². The number of hydrogen-bond donors (Lipinski definition) is 1. The quantitative estimate of drug-likeness (QED) is 0.671. The van der Waals surface area contributed by atoms with E-state index in [4.69, 9.17) is 4.74 Å². The number of aliphatic hydroxyl groups excluding tert-OH is 1. The summed E-state index contributed by atoms with van der Waals surface area (Å²) in [6.45, 7) is 3.90. The van der Waals surface area contributed by atoms with Gasteiger partial charge in [0.25, 0.3) is 0 Å². The number of nitrogens with zero attached hydrogens (tertiary/aromatic N) is 1. The Balaban J connectivity index is 1.70. The number of thioether (sulfide) groups is 1. The van der Waals surface area contributed by atoms with Crippen molar-refractivity contribution < 1.29 is 19.4 Å². The average molecular weight is 321 g/mol. The van der Waals surface area contributed by atoms with Crippen LogP contribution in [0.4, 0.5) is 0 Å². The molecular weight excluding hydrogens is 302 g/mol. The van der Waals surface area contributed by atoms with Crippen LogP contribution in [-0.2, 0) is 20.9 Å². The summed E-state index contributed by atoms with van der Waals surface area (Å²) in [5.41, 5.74) is 0.916. The van der Waals surface area contributed by atoms with Crippen LogP contribution in [0.3, 0.4) is 0 Å². The van der Waals surface area contributed by atoms with Gasteiger partial charge in [0.05, 0.1) is 17.9 Å². The van der Waals surface area contributed by atoms with Crippen molar-refractivity contribution in [1.82, 2.24) is 4.90 Å². The first-order valence-electron chi connectivity index (χ1n) is 7.27. The highest BCUT2D eigenvalue weighted by Crippen LogP contribution is 2.53. The molecule has 1 amide bonds. The summed E-state index contributed by atoms with van der Waals surface area (Å²) < 4.78 is 4.99. The first-order valence-corrected chi connectivity index (χ1v) is 8.15. The Morgan fingerprint density at radius 2 is 2.05 bits per heavy atom. The van der Waals surface area contributed by atoms with Gasteiger partial charge in [-0.15, -0.1) is 11.8 Å². The van der Waals surface area contributed by atoms with Crippen molar-refractivity contribution in [2.75, 3.05) is 6.61 Å². The van der Waals surface area contributed by atoms with Gasteiger partial charge in [0.1, 0.15) is 12.6 Å². The van der Waals surface area contributed by atoms with Crippen molar-refractivity contribution >= 4 is 23.6 Å². The molecule has 1 N–H and O–H groups in total. The van der Waals surface area contributed by atoms with Crippen LogP contribution in [0.25, 0.3) is 0 Å². The lowest BCUT2D eigenvalue weighted by atomic mass is 9.92. The molecule has 0 aliphatic carbocycles. The van der Waals surface area contributed by atoms with E-state index in [0.717, 1.165) is 5.56 Å². The fraction of sp³-hybridized carbons (Fsp3) is 0.500. The molecule has 1 aromatic rings. The summed E-state index contributed by atoms with van der Waals surface area (Å²) in [6, 6.07) is 8.86. The lowest BCUT2D eigenvalue weighted by Crippen LogP contribution is -2.63. The van der Waals surface area contributed by atoms with Crippen molar-refractivity contribution in [3.63, 3.8) is 0 Å². The van der Waals surface area contributed by atoms with Gasteiger partial charge >= 0.3 is 5.97 Å². The van der Waals surface area contributed by atoms with Crippen LogP contribution in [0, 0.1) is 5.92 Å². The maximum absolute atomic E-state index is 12.5. The van der Waals surface area contributed by atoms with Gasteiger partial charge in [-0.25, -0.2) is 4.79 Å². The van der Waals surface area contributed by atoms with Crippen molar-refractivity contribution in [2.45, 2.75) is 36.6 Å². The van der Waals surface area contributed by atoms with Crippen LogP contribution in [-0.4, -0.2) is 44.7 Å². The highest BCUT2D eigenvalue weighted by molar-refractivity contribution is 8.01. The molecule has 2 heterocycles. The van der Waals surface area contributed by atoms with Gasteiger partial charge in [0, 0.05) is 4.75 Å². The fourth-order valence-corrected chi connectivity index (χ4v) is 4.71. The molecule has 2 aliphatic rings. The molecular formula is C16H19NO4S. The maximum atomic E-state index is 12.5. The number of esters is 1. The highest BCUT2D eigenvalue weighted by atomic mass is 32.2. The summed E-state index contributed by atoms with van der Waals surface area (Å²) in [6.07, 6.45) is 0. The van der Waals surface area contributed by atoms with Crippen LogP contribution in [0.1, 0.15) is 19.4 Å². The number of β-lactam (4-membered cyclic amide) rings is 1. The number of carbonyl (C=O) groups excluding carboxylic acids is 2. The van der Waals surface area contributed by atoms with Crippen LogP contribution in [0.15, 0.2) is 30.3 Å². The third kappa shape index (κ3) is 2.40. The third-order valence-electron chi connectivity index (χ3n) is 4.20. The van der Waals surface area contributed by atoms with Crippen molar-refractivity contribution in [3.05, 3.63) is 35.9 Å². The molecule has 0 bridgehead atoms. The lowest BCUT2D eigenvalue weighted by molar-refractivity contribution is -0.168. The standard InChI is InChI=1S/C16H19NO4S/c1-16(2)12(17-13(19)11(8-18)14(17)22-16)15(20)21-9-10-6-4-3-5-7-10/h3-7,11-12,14,18H,8-9H2,1-2H3/t11?,12-,14+/m0/s1. The Morgan fingerprint density at radius 3 is 2.68 bits per heavy atom. The lowest BCUT2D eigenvalue weighted by Gasteiger charge is -2.43. The molecule has 22 heavy (non-hydrogen) atoms. The van der Waals surface area contributed by atoms with E-state index in [1.807, 2.05) is 44.2 Å². The van der Waals surface area contributed by atoms with Crippen LogP contribution < -0.4 is 0 Å². The Bertz CT molecular complexity index is 589. The van der Waals surface area contributed by atoms with E-state index < -0.39 is 16.7 Å². The number of carbonyl (C=O) groups is 2. The van der Waals surface area contributed by atoms with E-state index >= 15 is 0 Å². The molecule has 2 fully saturated rings. The molecule has 3 rings (SSSR count). The Morgan fingerprint density at radius 1 is 1.36 bits per heavy atom. The molecule has 1 aromatic carbocycles. The van der Waals surface area contributed by atoms with Gasteiger partial charge in [-0.2, -0.15) is 0 Å². The second-order valence-electron chi connectivity index (χ2n) is 6.14. The largest absolute Gasteiger partial charge is 0.459 e. The fourth-order valence-electron chi connectivity index (χ4n) is 3.05. The van der Waals surface area contributed by atoms with E-state index in [1.165, 1.54) is 0 Å². The molecule has 0 spiro atoms. The topological polar surface area (TPSA) is 66.8 Å². The van der Waals surface area contributed by atoms with Crippen LogP contribution >= 0.6 is 11.8 Å². The minimum atomic E-state index is -0.596. The molecule has 0 saturated carbocycles. The zero-order chi connectivity index (χ0) is 15.9. The monoisotopic (exact) mass is 321 g/mol. The number of rotatable bonds is 4. The van der Waals surface area contributed by atoms with E-state index in [1.54, 1.807) is 16.7 Å². The second-order valence-corrected chi connectivity index (χ2v) is 7.91. The minimum Gasteiger partial charge on any atom is -0.459 e. The first kappa shape index (κ1) is 15.4. The van der Waals surface area contributed by atoms with Crippen molar-refractivity contribution in [2.24, 2.45) is 5.92 Å².